The monoisotopic (exact) mass is 301 g/mol. The van der Waals surface area contributed by atoms with E-state index in [0.717, 1.165) is 11.3 Å². The fourth-order valence-corrected chi connectivity index (χ4v) is 4.31. The van der Waals surface area contributed by atoms with Crippen LogP contribution in [-0.4, -0.2) is 36.9 Å². The summed E-state index contributed by atoms with van der Waals surface area (Å²) in [5.41, 5.74) is 0. The summed E-state index contributed by atoms with van der Waals surface area (Å²) in [6.07, 6.45) is 2.95. The molecule has 0 aliphatic rings. The Balaban J connectivity index is 3.28. The molecule has 0 spiro atoms. The van der Waals surface area contributed by atoms with Crippen LogP contribution in [0.1, 0.15) is 14.5 Å². The number of carbonyl (C=O) groups is 1. The minimum atomic E-state index is -3.73. The Kier molecular flexibility index (Phi) is 5.04. The van der Waals surface area contributed by atoms with Crippen LogP contribution in [0.3, 0.4) is 0 Å². The molecular weight excluding hydrogens is 286 g/mol. The lowest BCUT2D eigenvalue weighted by molar-refractivity contribution is 0.0702. The van der Waals surface area contributed by atoms with Gasteiger partial charge in [0.15, 0.2) is 0 Å². The summed E-state index contributed by atoms with van der Waals surface area (Å²) in [5.74, 6) is -1.13. The molecule has 0 aliphatic heterocycles. The Bertz CT molecular complexity index is 591. The SMILES string of the molecule is C=CCN(CC=C)S(=O)(=O)c1cc(C(=O)O)sc1C. The first-order chi connectivity index (χ1) is 8.84. The first kappa shape index (κ1) is 15.6. The molecular formula is C12H15NO4S2. The first-order valence-electron chi connectivity index (χ1n) is 5.40. The van der Waals surface area contributed by atoms with E-state index in [2.05, 4.69) is 13.2 Å². The number of aromatic carboxylic acids is 1. The number of aryl methyl sites for hydroxylation is 1. The highest BCUT2D eigenvalue weighted by Gasteiger charge is 2.27. The molecule has 7 heteroatoms. The Morgan fingerprint density at radius 3 is 2.32 bits per heavy atom. The van der Waals surface area contributed by atoms with Gasteiger partial charge in [-0.15, -0.1) is 24.5 Å². The number of carboxylic acid groups (broad SMARTS) is 1. The highest BCUT2D eigenvalue weighted by molar-refractivity contribution is 7.89. The van der Waals surface area contributed by atoms with Crippen LogP contribution in [0.15, 0.2) is 36.3 Å². The summed E-state index contributed by atoms with van der Waals surface area (Å²) < 4.78 is 26.0. The molecule has 0 unspecified atom stereocenters. The third-order valence-corrected chi connectivity index (χ3v) is 5.49. The summed E-state index contributed by atoms with van der Waals surface area (Å²) in [7, 11) is -3.73. The fourth-order valence-electron chi connectivity index (χ4n) is 1.52. The molecule has 0 atom stereocenters. The molecule has 0 bridgehead atoms. The topological polar surface area (TPSA) is 74.7 Å². The molecule has 0 aromatic carbocycles. The van der Waals surface area contributed by atoms with Gasteiger partial charge in [-0.1, -0.05) is 12.2 Å². The van der Waals surface area contributed by atoms with Crippen LogP contribution in [0.5, 0.6) is 0 Å². The van der Waals surface area contributed by atoms with Crippen molar-refractivity contribution in [3.63, 3.8) is 0 Å². The van der Waals surface area contributed by atoms with Crippen molar-refractivity contribution in [3.05, 3.63) is 41.1 Å². The average Bonchev–Trinajstić information content (AvgIpc) is 2.72. The van der Waals surface area contributed by atoms with Gasteiger partial charge >= 0.3 is 5.97 Å². The summed E-state index contributed by atoms with van der Waals surface area (Å²) in [5, 5.41) is 8.90. The van der Waals surface area contributed by atoms with Gasteiger partial charge in [0, 0.05) is 18.0 Å². The molecule has 1 aromatic rings. The van der Waals surface area contributed by atoms with Crippen molar-refractivity contribution in [1.82, 2.24) is 4.31 Å². The third kappa shape index (κ3) is 3.31. The van der Waals surface area contributed by atoms with Gasteiger partial charge in [-0.05, 0) is 13.0 Å². The zero-order valence-electron chi connectivity index (χ0n) is 10.5. The summed E-state index contributed by atoms with van der Waals surface area (Å²) in [6.45, 7) is 8.90. The number of sulfonamides is 1. The first-order valence-corrected chi connectivity index (χ1v) is 7.66. The van der Waals surface area contributed by atoms with Gasteiger partial charge in [0.1, 0.15) is 4.88 Å². The average molecular weight is 301 g/mol. The Labute approximate surface area is 116 Å². The number of carboxylic acids is 1. The van der Waals surface area contributed by atoms with Crippen LogP contribution in [0, 0.1) is 6.92 Å². The quantitative estimate of drug-likeness (QED) is 0.783. The molecule has 0 fully saturated rings. The number of hydrogen-bond donors (Lipinski definition) is 1. The molecule has 1 rings (SSSR count). The molecule has 0 amide bonds. The highest BCUT2D eigenvalue weighted by Crippen LogP contribution is 2.28. The van der Waals surface area contributed by atoms with Gasteiger partial charge in [0.25, 0.3) is 0 Å². The summed E-state index contributed by atoms with van der Waals surface area (Å²) in [6, 6.07) is 1.19. The van der Waals surface area contributed by atoms with Crippen molar-refractivity contribution >= 4 is 27.3 Å². The molecule has 19 heavy (non-hydrogen) atoms. The van der Waals surface area contributed by atoms with E-state index in [4.69, 9.17) is 5.11 Å². The summed E-state index contributed by atoms with van der Waals surface area (Å²) >= 11 is 0.946. The second kappa shape index (κ2) is 6.14. The maximum Gasteiger partial charge on any atom is 0.345 e. The molecule has 1 aromatic heterocycles. The van der Waals surface area contributed by atoms with Crippen molar-refractivity contribution in [2.75, 3.05) is 13.1 Å². The van der Waals surface area contributed by atoms with E-state index >= 15 is 0 Å². The van der Waals surface area contributed by atoms with Crippen molar-refractivity contribution in [3.8, 4) is 0 Å². The van der Waals surface area contributed by atoms with E-state index in [1.807, 2.05) is 0 Å². The minimum Gasteiger partial charge on any atom is -0.477 e. The Morgan fingerprint density at radius 2 is 1.95 bits per heavy atom. The van der Waals surface area contributed by atoms with Crippen LogP contribution in [0.4, 0.5) is 0 Å². The van der Waals surface area contributed by atoms with Crippen LogP contribution >= 0.6 is 11.3 Å². The van der Waals surface area contributed by atoms with Crippen molar-refractivity contribution in [1.29, 1.82) is 0 Å². The van der Waals surface area contributed by atoms with Gasteiger partial charge in [0.05, 0.1) is 4.90 Å². The van der Waals surface area contributed by atoms with Gasteiger partial charge in [-0.25, -0.2) is 13.2 Å². The molecule has 1 heterocycles. The number of nitrogens with zero attached hydrogens (tertiary/aromatic N) is 1. The van der Waals surface area contributed by atoms with Crippen LogP contribution in [0.2, 0.25) is 0 Å². The number of thiophene rings is 1. The van der Waals surface area contributed by atoms with Gasteiger partial charge in [-0.2, -0.15) is 4.31 Å². The second-order valence-corrected chi connectivity index (χ2v) is 6.90. The van der Waals surface area contributed by atoms with Gasteiger partial charge < -0.3 is 5.11 Å². The van der Waals surface area contributed by atoms with Crippen LogP contribution in [0.25, 0.3) is 0 Å². The summed E-state index contributed by atoms with van der Waals surface area (Å²) in [4.78, 5) is 11.4. The van der Waals surface area contributed by atoms with Gasteiger partial charge in [0.2, 0.25) is 10.0 Å². The number of hydrogen-bond acceptors (Lipinski definition) is 4. The maximum absolute atomic E-state index is 12.4. The van der Waals surface area contributed by atoms with Crippen LogP contribution in [-0.2, 0) is 10.0 Å². The Hall–Kier alpha value is -1.44. The van der Waals surface area contributed by atoms with E-state index in [1.165, 1.54) is 22.5 Å². The van der Waals surface area contributed by atoms with Crippen molar-refractivity contribution < 1.29 is 18.3 Å². The minimum absolute atomic E-state index is 0.00762. The molecule has 0 saturated carbocycles. The normalized spacial score (nSPS) is 11.5. The molecule has 104 valence electrons. The molecule has 0 aliphatic carbocycles. The molecule has 0 saturated heterocycles. The lowest BCUT2D eigenvalue weighted by atomic mass is 10.4. The second-order valence-electron chi connectivity index (χ2n) is 3.74. The van der Waals surface area contributed by atoms with Crippen molar-refractivity contribution in [2.45, 2.75) is 11.8 Å². The maximum atomic E-state index is 12.4. The molecule has 5 nitrogen and oxygen atoms in total. The van der Waals surface area contributed by atoms with E-state index in [0.29, 0.717) is 4.88 Å². The van der Waals surface area contributed by atoms with Crippen molar-refractivity contribution in [2.24, 2.45) is 0 Å². The zero-order valence-corrected chi connectivity index (χ0v) is 12.1. The Morgan fingerprint density at radius 1 is 1.42 bits per heavy atom. The molecule has 1 N–H and O–H groups in total. The fraction of sp³-hybridized carbons (Fsp3) is 0.250. The predicted molar refractivity (Wildman–Crippen MR) is 75.2 cm³/mol. The lowest BCUT2D eigenvalue weighted by Crippen LogP contribution is -2.31. The smallest absolute Gasteiger partial charge is 0.345 e. The number of rotatable bonds is 7. The van der Waals surface area contributed by atoms with E-state index in [-0.39, 0.29) is 22.9 Å². The standard InChI is InChI=1S/C12H15NO4S2/c1-4-6-13(7-5-2)19(16,17)11-8-10(12(14)15)18-9(11)3/h4-5,8H,1-2,6-7H2,3H3,(H,14,15). The zero-order chi connectivity index (χ0) is 14.6. The van der Waals surface area contributed by atoms with Crippen LogP contribution < -0.4 is 0 Å². The molecule has 0 radical (unpaired) electrons. The van der Waals surface area contributed by atoms with E-state index < -0.39 is 16.0 Å². The highest BCUT2D eigenvalue weighted by atomic mass is 32.2. The predicted octanol–water partition coefficient (Wildman–Crippen LogP) is 2.12. The third-order valence-electron chi connectivity index (χ3n) is 2.37. The van der Waals surface area contributed by atoms with Gasteiger partial charge in [-0.3, -0.25) is 0 Å². The van der Waals surface area contributed by atoms with E-state index in [9.17, 15) is 13.2 Å². The lowest BCUT2D eigenvalue weighted by Gasteiger charge is -2.18. The largest absolute Gasteiger partial charge is 0.477 e. The van der Waals surface area contributed by atoms with E-state index in [1.54, 1.807) is 6.92 Å².